The molecule has 0 aromatic heterocycles. The third kappa shape index (κ3) is 6.34. The van der Waals surface area contributed by atoms with E-state index in [1.807, 2.05) is 43.3 Å². The van der Waals surface area contributed by atoms with Gasteiger partial charge in [0.05, 0.1) is 0 Å². The van der Waals surface area contributed by atoms with Crippen LogP contribution in [-0.4, -0.2) is 24.6 Å². The minimum Gasteiger partial charge on any atom is -0.479 e. The Morgan fingerprint density at radius 3 is 2.00 bits per heavy atom. The SMILES string of the molecule is CC[C@H](Oc1ccccc1)C(=O)OCC(=O)Nc1c(C(C)C)cccc1C(C)C. The fourth-order valence-corrected chi connectivity index (χ4v) is 3.06. The second-order valence-corrected chi connectivity index (χ2v) is 7.60. The van der Waals surface area contributed by atoms with Gasteiger partial charge in [-0.25, -0.2) is 4.79 Å². The number of carbonyl (C=O) groups is 2. The van der Waals surface area contributed by atoms with Gasteiger partial charge in [-0.2, -0.15) is 0 Å². The van der Waals surface area contributed by atoms with Crippen molar-refractivity contribution in [2.75, 3.05) is 11.9 Å². The molecule has 0 heterocycles. The number of esters is 1. The minimum absolute atomic E-state index is 0.260. The van der Waals surface area contributed by atoms with Gasteiger partial charge in [0, 0.05) is 5.69 Å². The predicted molar refractivity (Wildman–Crippen MR) is 115 cm³/mol. The number of hydrogen-bond acceptors (Lipinski definition) is 4. The summed E-state index contributed by atoms with van der Waals surface area (Å²) < 4.78 is 10.9. The third-order valence-corrected chi connectivity index (χ3v) is 4.64. The van der Waals surface area contributed by atoms with Crippen molar-refractivity contribution < 1.29 is 19.1 Å². The van der Waals surface area contributed by atoms with Crippen LogP contribution >= 0.6 is 0 Å². The molecule has 29 heavy (non-hydrogen) atoms. The van der Waals surface area contributed by atoms with E-state index in [1.54, 1.807) is 12.1 Å². The fraction of sp³-hybridized carbons (Fsp3) is 0.417. The molecular formula is C24H31NO4. The summed E-state index contributed by atoms with van der Waals surface area (Å²) in [6.07, 6.45) is -0.303. The van der Waals surface area contributed by atoms with Crippen LogP contribution in [0.2, 0.25) is 0 Å². The summed E-state index contributed by atoms with van der Waals surface area (Å²) >= 11 is 0. The summed E-state index contributed by atoms with van der Waals surface area (Å²) in [6.45, 7) is 9.83. The number of para-hydroxylation sites is 2. The van der Waals surface area contributed by atoms with Crippen molar-refractivity contribution in [2.24, 2.45) is 0 Å². The summed E-state index contributed by atoms with van der Waals surface area (Å²) in [7, 11) is 0. The van der Waals surface area contributed by atoms with Crippen LogP contribution in [0.5, 0.6) is 5.75 Å². The second-order valence-electron chi connectivity index (χ2n) is 7.60. The van der Waals surface area contributed by atoms with E-state index in [0.717, 1.165) is 16.8 Å². The van der Waals surface area contributed by atoms with Gasteiger partial charge in [-0.3, -0.25) is 4.79 Å². The monoisotopic (exact) mass is 397 g/mol. The Kier molecular flexibility index (Phi) is 8.25. The van der Waals surface area contributed by atoms with E-state index in [4.69, 9.17) is 9.47 Å². The fourth-order valence-electron chi connectivity index (χ4n) is 3.06. The first kappa shape index (κ1) is 22.5. The average molecular weight is 398 g/mol. The second kappa shape index (κ2) is 10.6. The summed E-state index contributed by atoms with van der Waals surface area (Å²) in [5, 5.41) is 2.95. The van der Waals surface area contributed by atoms with E-state index in [9.17, 15) is 9.59 Å². The van der Waals surface area contributed by atoms with Gasteiger partial charge in [0.1, 0.15) is 5.75 Å². The van der Waals surface area contributed by atoms with Crippen LogP contribution in [0.3, 0.4) is 0 Å². The molecule has 0 aliphatic heterocycles. The Morgan fingerprint density at radius 2 is 1.48 bits per heavy atom. The lowest BCUT2D eigenvalue weighted by Crippen LogP contribution is -2.31. The first-order valence-corrected chi connectivity index (χ1v) is 10.1. The molecule has 0 aliphatic rings. The number of hydrogen-bond donors (Lipinski definition) is 1. The van der Waals surface area contributed by atoms with Gasteiger partial charge in [-0.1, -0.05) is 71.0 Å². The van der Waals surface area contributed by atoms with Crippen molar-refractivity contribution in [1.29, 1.82) is 0 Å². The lowest BCUT2D eigenvalue weighted by Gasteiger charge is -2.20. The van der Waals surface area contributed by atoms with Crippen molar-refractivity contribution in [3.05, 3.63) is 59.7 Å². The minimum atomic E-state index is -0.751. The largest absolute Gasteiger partial charge is 0.479 e. The number of nitrogens with one attached hydrogen (secondary N) is 1. The molecule has 0 bridgehead atoms. The number of anilines is 1. The zero-order valence-electron chi connectivity index (χ0n) is 17.9. The van der Waals surface area contributed by atoms with Gasteiger partial charge in [-0.15, -0.1) is 0 Å². The summed E-state index contributed by atoms with van der Waals surface area (Å²) in [5.41, 5.74) is 2.94. The summed E-state index contributed by atoms with van der Waals surface area (Å²) in [5.74, 6) is 0.203. The zero-order chi connectivity index (χ0) is 21.4. The smallest absolute Gasteiger partial charge is 0.347 e. The topological polar surface area (TPSA) is 64.6 Å². The molecule has 1 amide bonds. The van der Waals surface area contributed by atoms with Crippen LogP contribution in [0.15, 0.2) is 48.5 Å². The van der Waals surface area contributed by atoms with E-state index in [2.05, 4.69) is 33.0 Å². The Morgan fingerprint density at radius 1 is 0.897 bits per heavy atom. The zero-order valence-corrected chi connectivity index (χ0v) is 17.9. The van der Waals surface area contributed by atoms with Crippen molar-refractivity contribution in [3.8, 4) is 5.75 Å². The van der Waals surface area contributed by atoms with Crippen LogP contribution in [0.4, 0.5) is 5.69 Å². The quantitative estimate of drug-likeness (QED) is 0.585. The maximum absolute atomic E-state index is 12.5. The normalized spacial score (nSPS) is 12.0. The number of ether oxygens (including phenoxy) is 2. The highest BCUT2D eigenvalue weighted by Gasteiger charge is 2.22. The van der Waals surface area contributed by atoms with E-state index in [0.29, 0.717) is 12.2 Å². The van der Waals surface area contributed by atoms with E-state index in [1.165, 1.54) is 0 Å². The molecule has 2 rings (SSSR count). The van der Waals surface area contributed by atoms with E-state index in [-0.39, 0.29) is 24.3 Å². The lowest BCUT2D eigenvalue weighted by atomic mass is 9.92. The first-order chi connectivity index (χ1) is 13.8. The third-order valence-electron chi connectivity index (χ3n) is 4.64. The maximum Gasteiger partial charge on any atom is 0.347 e. The van der Waals surface area contributed by atoms with Crippen molar-refractivity contribution in [2.45, 2.75) is 59.0 Å². The van der Waals surface area contributed by atoms with Gasteiger partial charge in [0.15, 0.2) is 12.7 Å². The van der Waals surface area contributed by atoms with Crippen molar-refractivity contribution in [1.82, 2.24) is 0 Å². The summed E-state index contributed by atoms with van der Waals surface area (Å²) in [6, 6.07) is 15.1. The molecule has 0 saturated carbocycles. The average Bonchev–Trinajstić information content (AvgIpc) is 2.70. The van der Waals surface area contributed by atoms with Crippen LogP contribution in [0.1, 0.15) is 64.0 Å². The van der Waals surface area contributed by atoms with Crippen molar-refractivity contribution in [3.63, 3.8) is 0 Å². The van der Waals surface area contributed by atoms with Gasteiger partial charge in [0.25, 0.3) is 5.91 Å². The molecule has 5 nitrogen and oxygen atoms in total. The van der Waals surface area contributed by atoms with Crippen LogP contribution in [-0.2, 0) is 14.3 Å². The molecule has 2 aromatic rings. The van der Waals surface area contributed by atoms with E-state index >= 15 is 0 Å². The molecule has 0 fully saturated rings. The predicted octanol–water partition coefficient (Wildman–Crippen LogP) is 5.27. The van der Waals surface area contributed by atoms with E-state index < -0.39 is 12.1 Å². The highest BCUT2D eigenvalue weighted by Crippen LogP contribution is 2.32. The molecule has 1 atom stereocenters. The Labute approximate surface area is 173 Å². The maximum atomic E-state index is 12.5. The molecule has 0 spiro atoms. The molecule has 5 heteroatoms. The molecule has 0 saturated heterocycles. The Bertz CT molecular complexity index is 789. The highest BCUT2D eigenvalue weighted by molar-refractivity contribution is 5.94. The van der Waals surface area contributed by atoms with Crippen LogP contribution < -0.4 is 10.1 Å². The number of benzene rings is 2. The standard InChI is InChI=1S/C24H31NO4/c1-6-21(29-18-11-8-7-9-12-18)24(27)28-15-22(26)25-23-19(16(2)3)13-10-14-20(23)17(4)5/h7-14,16-17,21H,6,15H2,1-5H3,(H,25,26)/t21-/m0/s1. The number of carbonyl (C=O) groups excluding carboxylic acids is 2. The van der Waals surface area contributed by atoms with Crippen LogP contribution in [0, 0.1) is 0 Å². The molecule has 0 radical (unpaired) electrons. The lowest BCUT2D eigenvalue weighted by molar-refractivity contribution is -0.154. The molecule has 156 valence electrons. The van der Waals surface area contributed by atoms with Gasteiger partial charge >= 0.3 is 5.97 Å². The van der Waals surface area contributed by atoms with Gasteiger partial charge < -0.3 is 14.8 Å². The number of rotatable bonds is 9. The Balaban J connectivity index is 2.01. The van der Waals surface area contributed by atoms with Crippen LogP contribution in [0.25, 0.3) is 0 Å². The van der Waals surface area contributed by atoms with Gasteiger partial charge in [0.2, 0.25) is 0 Å². The number of amides is 1. The Hall–Kier alpha value is -2.82. The molecule has 0 aliphatic carbocycles. The molecule has 0 unspecified atom stereocenters. The molecule has 2 aromatic carbocycles. The molecular weight excluding hydrogens is 366 g/mol. The summed E-state index contributed by atoms with van der Waals surface area (Å²) in [4.78, 5) is 24.9. The van der Waals surface area contributed by atoms with Gasteiger partial charge in [-0.05, 0) is 41.5 Å². The first-order valence-electron chi connectivity index (χ1n) is 10.1. The van der Waals surface area contributed by atoms with Crippen molar-refractivity contribution >= 4 is 17.6 Å². The highest BCUT2D eigenvalue weighted by atomic mass is 16.6. The molecule has 1 N–H and O–H groups in total.